The van der Waals surface area contributed by atoms with Gasteiger partial charge in [0.15, 0.2) is 0 Å². The Morgan fingerprint density at radius 3 is 2.04 bits per heavy atom. The second-order valence-electron chi connectivity index (χ2n) is 7.97. The first-order chi connectivity index (χ1) is 12.6. The first kappa shape index (κ1) is 20.6. The van der Waals surface area contributed by atoms with E-state index in [-0.39, 0.29) is 17.8 Å². The third-order valence-electron chi connectivity index (χ3n) is 5.73. The zero-order chi connectivity index (χ0) is 20.0. The summed E-state index contributed by atoms with van der Waals surface area (Å²) in [7, 11) is -6.96. The Balaban J connectivity index is 2.05. The minimum Gasteiger partial charge on any atom is -0.270 e. The Morgan fingerprint density at radius 1 is 0.963 bits per heavy atom. The van der Waals surface area contributed by atoms with Gasteiger partial charge in [-0.3, -0.25) is 4.31 Å². The molecule has 3 rings (SSSR count). The fourth-order valence-electron chi connectivity index (χ4n) is 4.53. The Kier molecular flexibility index (Phi) is 5.62. The van der Waals surface area contributed by atoms with Gasteiger partial charge < -0.3 is 0 Å². The molecule has 152 valence electrons. The number of anilines is 1. The molecule has 0 N–H and O–H groups in total. The van der Waals surface area contributed by atoms with Gasteiger partial charge >= 0.3 is 0 Å². The lowest BCUT2D eigenvalue weighted by molar-refractivity contribution is 0.204. The normalized spacial score (nSPS) is 26.9. The molecule has 0 bridgehead atoms. The molecule has 6 nitrogen and oxygen atoms in total. The number of hydrogen-bond acceptors (Lipinski definition) is 4. The van der Waals surface area contributed by atoms with Crippen LogP contribution in [0.3, 0.4) is 0 Å². The molecule has 2 aliphatic heterocycles. The largest absolute Gasteiger partial charge is 0.270 e. The van der Waals surface area contributed by atoms with Crippen LogP contribution in [0.4, 0.5) is 5.69 Å². The third kappa shape index (κ3) is 3.76. The highest BCUT2D eigenvalue weighted by Gasteiger charge is 2.37. The fourth-order valence-corrected chi connectivity index (χ4v) is 8.46. The molecule has 0 spiro atoms. The maximum Gasteiger partial charge on any atom is 0.244 e. The molecule has 2 fully saturated rings. The highest BCUT2D eigenvalue weighted by molar-refractivity contribution is 7.92. The molecule has 2 heterocycles. The van der Waals surface area contributed by atoms with Crippen LogP contribution in [0.2, 0.25) is 0 Å². The molecule has 0 aliphatic carbocycles. The Hall–Kier alpha value is -1.12. The van der Waals surface area contributed by atoms with Crippen LogP contribution >= 0.6 is 0 Å². The average molecular weight is 415 g/mol. The SMILES string of the molecule is Cc1cc(N2CCCCS2(=O)=O)cc(C)c1S(=O)(=O)N1[C@H](C)CCC[C@@H]1C. The summed E-state index contributed by atoms with van der Waals surface area (Å²) in [6, 6.07) is 3.36. The number of piperidine rings is 1. The number of aryl methyl sites for hydroxylation is 2. The van der Waals surface area contributed by atoms with E-state index in [9.17, 15) is 16.8 Å². The second-order valence-corrected chi connectivity index (χ2v) is 11.8. The smallest absolute Gasteiger partial charge is 0.244 e. The fraction of sp³-hybridized carbons (Fsp3) is 0.684. The summed E-state index contributed by atoms with van der Waals surface area (Å²) in [6.45, 7) is 7.91. The van der Waals surface area contributed by atoms with Gasteiger partial charge in [-0.25, -0.2) is 16.8 Å². The number of rotatable bonds is 3. The van der Waals surface area contributed by atoms with Crippen LogP contribution in [-0.4, -0.2) is 45.5 Å². The summed E-state index contributed by atoms with van der Waals surface area (Å²) in [5, 5.41) is 0. The summed E-state index contributed by atoms with van der Waals surface area (Å²) >= 11 is 0. The second kappa shape index (κ2) is 7.37. The molecular formula is C19H30N2O4S2. The molecule has 0 unspecified atom stereocenters. The monoisotopic (exact) mass is 414 g/mol. The quantitative estimate of drug-likeness (QED) is 0.761. The van der Waals surface area contributed by atoms with Crippen molar-refractivity contribution in [2.45, 2.75) is 76.8 Å². The van der Waals surface area contributed by atoms with Gasteiger partial charge in [0.2, 0.25) is 20.0 Å². The van der Waals surface area contributed by atoms with Gasteiger partial charge in [-0.05, 0) is 76.6 Å². The lowest BCUT2D eigenvalue weighted by atomic mass is 10.0. The highest BCUT2D eigenvalue weighted by atomic mass is 32.2. The average Bonchev–Trinajstić information content (AvgIpc) is 2.52. The van der Waals surface area contributed by atoms with Crippen LogP contribution in [0.1, 0.15) is 57.1 Å². The van der Waals surface area contributed by atoms with E-state index in [4.69, 9.17) is 0 Å². The maximum absolute atomic E-state index is 13.5. The molecule has 2 saturated heterocycles. The maximum atomic E-state index is 13.5. The van der Waals surface area contributed by atoms with E-state index in [1.54, 1.807) is 30.3 Å². The van der Waals surface area contributed by atoms with Crippen molar-refractivity contribution in [1.82, 2.24) is 4.31 Å². The van der Waals surface area contributed by atoms with Gasteiger partial charge in [-0.1, -0.05) is 6.42 Å². The predicted molar refractivity (Wildman–Crippen MR) is 108 cm³/mol. The molecular weight excluding hydrogens is 384 g/mol. The number of benzene rings is 1. The summed E-state index contributed by atoms with van der Waals surface area (Å²) in [5.74, 6) is 0.147. The molecule has 27 heavy (non-hydrogen) atoms. The summed E-state index contributed by atoms with van der Waals surface area (Å²) in [4.78, 5) is 0.321. The number of nitrogens with zero attached hydrogens (tertiary/aromatic N) is 2. The van der Waals surface area contributed by atoms with Crippen molar-refractivity contribution in [3.63, 3.8) is 0 Å². The highest BCUT2D eigenvalue weighted by Crippen LogP contribution is 2.35. The Morgan fingerprint density at radius 2 is 1.52 bits per heavy atom. The minimum atomic E-state index is -3.63. The summed E-state index contributed by atoms with van der Waals surface area (Å²) in [5.41, 5.74) is 1.79. The van der Waals surface area contributed by atoms with Crippen molar-refractivity contribution in [2.75, 3.05) is 16.6 Å². The van der Waals surface area contributed by atoms with Gasteiger partial charge in [0, 0.05) is 18.6 Å². The van der Waals surface area contributed by atoms with Crippen molar-refractivity contribution in [3.05, 3.63) is 23.3 Å². The van der Waals surface area contributed by atoms with Gasteiger partial charge in [0.25, 0.3) is 0 Å². The van der Waals surface area contributed by atoms with Crippen LogP contribution in [-0.2, 0) is 20.0 Å². The zero-order valence-electron chi connectivity index (χ0n) is 16.6. The molecule has 1 aromatic rings. The number of hydrogen-bond donors (Lipinski definition) is 0. The van der Waals surface area contributed by atoms with E-state index < -0.39 is 20.0 Å². The van der Waals surface area contributed by atoms with Crippen LogP contribution in [0.5, 0.6) is 0 Å². The molecule has 8 heteroatoms. The summed E-state index contributed by atoms with van der Waals surface area (Å²) < 4.78 is 54.8. The molecule has 0 amide bonds. The van der Waals surface area contributed by atoms with Gasteiger partial charge in [0.1, 0.15) is 0 Å². The van der Waals surface area contributed by atoms with Crippen molar-refractivity contribution in [1.29, 1.82) is 0 Å². The van der Waals surface area contributed by atoms with E-state index in [0.29, 0.717) is 34.7 Å². The standard InChI is InChI=1S/C19H30N2O4S2/c1-14-12-18(20-10-5-6-11-26(20,22)23)13-15(2)19(14)27(24,25)21-16(3)8-7-9-17(21)4/h12-13,16-17H,5-11H2,1-4H3/t16-,17+. The lowest BCUT2D eigenvalue weighted by Gasteiger charge is -2.38. The summed E-state index contributed by atoms with van der Waals surface area (Å²) in [6.07, 6.45) is 4.27. The van der Waals surface area contributed by atoms with E-state index >= 15 is 0 Å². The Labute approximate surface area is 163 Å². The molecule has 0 aromatic heterocycles. The van der Waals surface area contributed by atoms with Crippen LogP contribution in [0.25, 0.3) is 0 Å². The van der Waals surface area contributed by atoms with Gasteiger partial charge in [-0.15, -0.1) is 0 Å². The molecule has 0 radical (unpaired) electrons. The van der Waals surface area contributed by atoms with Crippen molar-refractivity contribution >= 4 is 25.7 Å². The van der Waals surface area contributed by atoms with E-state index in [1.165, 1.54) is 4.31 Å². The van der Waals surface area contributed by atoms with Crippen LogP contribution < -0.4 is 4.31 Å². The van der Waals surface area contributed by atoms with E-state index in [1.807, 2.05) is 13.8 Å². The molecule has 1 aromatic carbocycles. The molecule has 2 atom stereocenters. The van der Waals surface area contributed by atoms with Crippen LogP contribution in [0.15, 0.2) is 17.0 Å². The zero-order valence-corrected chi connectivity index (χ0v) is 18.2. The predicted octanol–water partition coefficient (Wildman–Crippen LogP) is 3.19. The first-order valence-electron chi connectivity index (χ1n) is 9.71. The van der Waals surface area contributed by atoms with Crippen molar-refractivity contribution < 1.29 is 16.8 Å². The lowest BCUT2D eigenvalue weighted by Crippen LogP contribution is -2.47. The van der Waals surface area contributed by atoms with Gasteiger partial charge in [0.05, 0.1) is 16.3 Å². The topological polar surface area (TPSA) is 74.8 Å². The van der Waals surface area contributed by atoms with Crippen LogP contribution in [0, 0.1) is 13.8 Å². The van der Waals surface area contributed by atoms with Crippen molar-refractivity contribution in [2.24, 2.45) is 0 Å². The molecule has 2 aliphatic rings. The minimum absolute atomic E-state index is 0.0281. The van der Waals surface area contributed by atoms with E-state index in [0.717, 1.165) is 25.7 Å². The van der Waals surface area contributed by atoms with Gasteiger partial charge in [-0.2, -0.15) is 4.31 Å². The van der Waals surface area contributed by atoms with E-state index in [2.05, 4.69) is 0 Å². The number of sulfonamides is 2. The third-order valence-corrected chi connectivity index (χ3v) is 10.0. The molecule has 0 saturated carbocycles. The Bertz CT molecular complexity index is 892. The first-order valence-corrected chi connectivity index (χ1v) is 12.8. The van der Waals surface area contributed by atoms with Crippen molar-refractivity contribution in [3.8, 4) is 0 Å².